The molecular formula is C15H25NO2. The van der Waals surface area contributed by atoms with Gasteiger partial charge in [-0.15, -0.1) is 0 Å². The van der Waals surface area contributed by atoms with Gasteiger partial charge in [0.25, 0.3) is 0 Å². The average molecular weight is 251 g/mol. The van der Waals surface area contributed by atoms with Crippen molar-refractivity contribution in [3.05, 3.63) is 28.8 Å². The number of aliphatic hydroxyl groups is 1. The van der Waals surface area contributed by atoms with E-state index in [0.717, 1.165) is 24.0 Å². The van der Waals surface area contributed by atoms with Crippen LogP contribution in [-0.2, 0) is 0 Å². The van der Waals surface area contributed by atoms with Gasteiger partial charge >= 0.3 is 0 Å². The predicted molar refractivity (Wildman–Crippen MR) is 74.9 cm³/mol. The maximum Gasteiger partial charge on any atom is 0.116 e. The van der Waals surface area contributed by atoms with E-state index in [1.54, 1.807) is 12.1 Å². The van der Waals surface area contributed by atoms with Crippen LogP contribution in [0.15, 0.2) is 12.1 Å². The van der Waals surface area contributed by atoms with Crippen molar-refractivity contribution in [3.8, 4) is 5.75 Å². The Morgan fingerprint density at radius 2 is 1.78 bits per heavy atom. The second kappa shape index (κ2) is 6.76. The van der Waals surface area contributed by atoms with Gasteiger partial charge in [0.15, 0.2) is 0 Å². The zero-order chi connectivity index (χ0) is 13.7. The number of rotatable bonds is 6. The van der Waals surface area contributed by atoms with Crippen molar-refractivity contribution >= 4 is 0 Å². The molecule has 0 heterocycles. The first-order chi connectivity index (χ1) is 8.53. The summed E-state index contributed by atoms with van der Waals surface area (Å²) in [5, 5.41) is 18.9. The largest absolute Gasteiger partial charge is 0.508 e. The van der Waals surface area contributed by atoms with Crippen LogP contribution >= 0.6 is 0 Å². The van der Waals surface area contributed by atoms with Crippen molar-refractivity contribution in [1.82, 2.24) is 0 Å². The number of aliphatic hydroxyl groups excluding tert-OH is 1. The van der Waals surface area contributed by atoms with E-state index in [2.05, 4.69) is 6.92 Å². The molecule has 0 fully saturated rings. The number of phenolic OH excluding ortho intramolecular Hbond substituents is 1. The maximum atomic E-state index is 9.59. The quantitative estimate of drug-likeness (QED) is 0.727. The molecule has 0 aliphatic rings. The molecule has 18 heavy (non-hydrogen) atoms. The first kappa shape index (κ1) is 15.0. The summed E-state index contributed by atoms with van der Waals surface area (Å²) >= 11 is 0. The fourth-order valence-corrected chi connectivity index (χ4v) is 2.73. The fourth-order valence-electron chi connectivity index (χ4n) is 2.73. The molecule has 1 rings (SSSR count). The number of aryl methyl sites for hydroxylation is 2. The standard InChI is InChI=1S/C15H25NO2/c1-4-13(7-12(8-16)9-17)15-10(2)5-14(18)6-11(15)3/h5-6,12-13,17-18H,4,7-9,16H2,1-3H3. The number of aromatic hydroxyl groups is 1. The molecule has 0 aliphatic heterocycles. The van der Waals surface area contributed by atoms with E-state index in [0.29, 0.717) is 18.2 Å². The van der Waals surface area contributed by atoms with Crippen molar-refractivity contribution in [3.63, 3.8) is 0 Å². The van der Waals surface area contributed by atoms with Crippen LogP contribution in [0.1, 0.15) is 42.4 Å². The Morgan fingerprint density at radius 3 is 2.17 bits per heavy atom. The van der Waals surface area contributed by atoms with Gasteiger partial charge in [0, 0.05) is 6.61 Å². The molecule has 3 nitrogen and oxygen atoms in total. The highest BCUT2D eigenvalue weighted by atomic mass is 16.3. The molecule has 0 saturated heterocycles. The molecule has 2 unspecified atom stereocenters. The minimum absolute atomic E-state index is 0.142. The van der Waals surface area contributed by atoms with Crippen LogP contribution in [0.4, 0.5) is 0 Å². The summed E-state index contributed by atoms with van der Waals surface area (Å²) in [6.07, 6.45) is 1.92. The Kier molecular flexibility index (Phi) is 5.63. The lowest BCUT2D eigenvalue weighted by Gasteiger charge is -2.24. The fraction of sp³-hybridized carbons (Fsp3) is 0.600. The van der Waals surface area contributed by atoms with Gasteiger partial charge in [0.2, 0.25) is 0 Å². The molecule has 0 saturated carbocycles. The van der Waals surface area contributed by atoms with Gasteiger partial charge in [-0.3, -0.25) is 0 Å². The van der Waals surface area contributed by atoms with E-state index in [4.69, 9.17) is 5.73 Å². The van der Waals surface area contributed by atoms with Gasteiger partial charge in [-0.25, -0.2) is 0 Å². The summed E-state index contributed by atoms with van der Waals surface area (Å²) < 4.78 is 0. The van der Waals surface area contributed by atoms with Crippen LogP contribution in [0.2, 0.25) is 0 Å². The van der Waals surface area contributed by atoms with Crippen LogP contribution in [0, 0.1) is 19.8 Å². The van der Waals surface area contributed by atoms with Gasteiger partial charge in [0.1, 0.15) is 5.75 Å². The van der Waals surface area contributed by atoms with Crippen molar-refractivity contribution in [1.29, 1.82) is 0 Å². The lowest BCUT2D eigenvalue weighted by molar-refractivity contribution is 0.214. The number of hydrogen-bond acceptors (Lipinski definition) is 3. The second-order valence-electron chi connectivity index (χ2n) is 5.12. The summed E-state index contributed by atoms with van der Waals surface area (Å²) in [5.74, 6) is 0.870. The molecule has 4 N–H and O–H groups in total. The SMILES string of the molecule is CCC(CC(CN)CO)c1c(C)cc(O)cc1C. The monoisotopic (exact) mass is 251 g/mol. The zero-order valence-corrected chi connectivity index (χ0v) is 11.6. The molecule has 0 amide bonds. The summed E-state index contributed by atoms with van der Waals surface area (Å²) in [7, 11) is 0. The molecule has 1 aromatic carbocycles. The van der Waals surface area contributed by atoms with E-state index in [9.17, 15) is 10.2 Å². The lowest BCUT2D eigenvalue weighted by Crippen LogP contribution is -2.21. The Hall–Kier alpha value is -1.06. The van der Waals surface area contributed by atoms with Gasteiger partial charge in [-0.1, -0.05) is 6.92 Å². The maximum absolute atomic E-state index is 9.59. The van der Waals surface area contributed by atoms with Crippen LogP contribution < -0.4 is 5.73 Å². The van der Waals surface area contributed by atoms with Crippen molar-refractivity contribution in [2.24, 2.45) is 11.7 Å². The summed E-state index contributed by atoms with van der Waals surface area (Å²) in [6, 6.07) is 3.61. The normalized spacial score (nSPS) is 14.5. The molecule has 0 radical (unpaired) electrons. The lowest BCUT2D eigenvalue weighted by atomic mass is 9.82. The molecule has 0 spiro atoms. The molecule has 0 aromatic heterocycles. The smallest absolute Gasteiger partial charge is 0.116 e. The molecule has 3 heteroatoms. The zero-order valence-electron chi connectivity index (χ0n) is 11.6. The van der Waals surface area contributed by atoms with Gasteiger partial charge in [-0.2, -0.15) is 0 Å². The second-order valence-corrected chi connectivity index (χ2v) is 5.12. The van der Waals surface area contributed by atoms with Crippen LogP contribution in [0.25, 0.3) is 0 Å². The summed E-state index contributed by atoms with van der Waals surface area (Å²) in [4.78, 5) is 0. The molecular weight excluding hydrogens is 226 g/mol. The number of nitrogens with two attached hydrogens (primary N) is 1. The molecule has 0 bridgehead atoms. The predicted octanol–water partition coefficient (Wildman–Crippen LogP) is 2.46. The third kappa shape index (κ3) is 3.47. The highest BCUT2D eigenvalue weighted by molar-refractivity contribution is 5.42. The average Bonchev–Trinajstić information content (AvgIpc) is 2.32. The summed E-state index contributed by atoms with van der Waals surface area (Å²) in [6.45, 7) is 6.87. The first-order valence-corrected chi connectivity index (χ1v) is 6.64. The molecule has 1 aromatic rings. The Bertz CT molecular complexity index is 363. The minimum Gasteiger partial charge on any atom is -0.508 e. The molecule has 2 atom stereocenters. The number of hydrogen-bond donors (Lipinski definition) is 3. The van der Waals surface area contributed by atoms with E-state index in [-0.39, 0.29) is 12.5 Å². The number of phenols is 1. The van der Waals surface area contributed by atoms with Gasteiger partial charge in [0.05, 0.1) is 0 Å². The Balaban J connectivity index is 3.01. The van der Waals surface area contributed by atoms with Crippen molar-refractivity contribution in [2.45, 2.75) is 39.5 Å². The Morgan fingerprint density at radius 1 is 1.22 bits per heavy atom. The van der Waals surface area contributed by atoms with Crippen LogP contribution in [-0.4, -0.2) is 23.4 Å². The highest BCUT2D eigenvalue weighted by Gasteiger charge is 2.19. The van der Waals surface area contributed by atoms with E-state index < -0.39 is 0 Å². The van der Waals surface area contributed by atoms with E-state index >= 15 is 0 Å². The summed E-state index contributed by atoms with van der Waals surface area (Å²) in [5.41, 5.74) is 9.20. The topological polar surface area (TPSA) is 66.5 Å². The third-order valence-electron chi connectivity index (χ3n) is 3.69. The van der Waals surface area contributed by atoms with Crippen LogP contribution in [0.3, 0.4) is 0 Å². The van der Waals surface area contributed by atoms with Gasteiger partial charge in [-0.05, 0) is 73.9 Å². The van der Waals surface area contributed by atoms with Gasteiger partial charge < -0.3 is 15.9 Å². The first-order valence-electron chi connectivity index (χ1n) is 6.64. The highest BCUT2D eigenvalue weighted by Crippen LogP contribution is 2.33. The van der Waals surface area contributed by atoms with Crippen LogP contribution in [0.5, 0.6) is 5.75 Å². The Labute approximate surface area is 110 Å². The molecule has 0 aliphatic carbocycles. The number of benzene rings is 1. The van der Waals surface area contributed by atoms with E-state index in [1.165, 1.54) is 5.56 Å². The van der Waals surface area contributed by atoms with Crippen molar-refractivity contribution in [2.75, 3.05) is 13.2 Å². The van der Waals surface area contributed by atoms with E-state index in [1.807, 2.05) is 13.8 Å². The molecule has 102 valence electrons. The third-order valence-corrected chi connectivity index (χ3v) is 3.69. The minimum atomic E-state index is 0.142. The van der Waals surface area contributed by atoms with Crippen molar-refractivity contribution < 1.29 is 10.2 Å².